The molecular formula is C22H27ClFN3O4S. The minimum Gasteiger partial charge on any atom is -0.354 e. The van der Waals surface area contributed by atoms with Gasteiger partial charge in [-0.2, -0.15) is 0 Å². The summed E-state index contributed by atoms with van der Waals surface area (Å²) in [5.74, 6) is -1.47. The van der Waals surface area contributed by atoms with Gasteiger partial charge in [0.2, 0.25) is 21.8 Å². The second-order valence-corrected chi connectivity index (χ2v) is 9.71. The molecule has 2 aromatic carbocycles. The van der Waals surface area contributed by atoms with Gasteiger partial charge in [-0.1, -0.05) is 30.7 Å². The first-order valence-corrected chi connectivity index (χ1v) is 12.3. The first-order chi connectivity index (χ1) is 15.0. The van der Waals surface area contributed by atoms with Crippen LogP contribution < -0.4 is 9.62 Å². The van der Waals surface area contributed by atoms with Crippen molar-refractivity contribution in [1.82, 2.24) is 10.2 Å². The van der Waals surface area contributed by atoms with E-state index in [0.717, 1.165) is 29.1 Å². The molecule has 0 spiro atoms. The number of carbonyl (C=O) groups is 2. The van der Waals surface area contributed by atoms with Crippen LogP contribution in [0.4, 0.5) is 10.1 Å². The van der Waals surface area contributed by atoms with Gasteiger partial charge in [-0.15, -0.1) is 0 Å². The average Bonchev–Trinajstić information content (AvgIpc) is 2.73. The smallest absolute Gasteiger partial charge is 0.244 e. The number of halogens is 2. The third-order valence-electron chi connectivity index (χ3n) is 4.75. The van der Waals surface area contributed by atoms with Crippen molar-refractivity contribution < 1.29 is 22.4 Å². The molecule has 0 saturated carbocycles. The molecule has 0 aliphatic carbocycles. The van der Waals surface area contributed by atoms with Crippen molar-refractivity contribution in [3.05, 3.63) is 64.9 Å². The maximum atomic E-state index is 13.3. The molecule has 10 heteroatoms. The molecule has 0 saturated heterocycles. The third kappa shape index (κ3) is 7.20. The number of hydrogen-bond acceptors (Lipinski definition) is 4. The highest BCUT2D eigenvalue weighted by Crippen LogP contribution is 2.20. The first-order valence-electron chi connectivity index (χ1n) is 10.1. The van der Waals surface area contributed by atoms with Crippen molar-refractivity contribution in [2.45, 2.75) is 32.9 Å². The lowest BCUT2D eigenvalue weighted by molar-refractivity contribution is -0.139. The molecule has 2 aromatic rings. The molecule has 0 radical (unpaired) electrons. The fourth-order valence-corrected chi connectivity index (χ4v) is 4.09. The zero-order chi connectivity index (χ0) is 23.9. The van der Waals surface area contributed by atoms with Crippen molar-refractivity contribution in [3.63, 3.8) is 0 Å². The minimum atomic E-state index is -3.86. The minimum absolute atomic E-state index is 0.0567. The predicted molar refractivity (Wildman–Crippen MR) is 123 cm³/mol. The zero-order valence-corrected chi connectivity index (χ0v) is 19.8. The quantitative estimate of drug-likeness (QED) is 0.562. The van der Waals surface area contributed by atoms with E-state index in [0.29, 0.717) is 17.1 Å². The summed E-state index contributed by atoms with van der Waals surface area (Å²) in [4.78, 5) is 27.2. The molecule has 0 aliphatic heterocycles. The average molecular weight is 484 g/mol. The van der Waals surface area contributed by atoms with E-state index in [1.165, 1.54) is 17.0 Å². The van der Waals surface area contributed by atoms with E-state index in [-0.39, 0.29) is 18.1 Å². The summed E-state index contributed by atoms with van der Waals surface area (Å²) in [5, 5.41) is 3.23. The van der Waals surface area contributed by atoms with Gasteiger partial charge in [0.25, 0.3) is 0 Å². The van der Waals surface area contributed by atoms with Gasteiger partial charge in [0, 0.05) is 18.1 Å². The van der Waals surface area contributed by atoms with E-state index in [2.05, 4.69) is 5.32 Å². The summed E-state index contributed by atoms with van der Waals surface area (Å²) < 4.78 is 39.0. The standard InChI is InChI=1S/C22H27ClFN3O4S/c1-4-12-25-22(29)16(2)26(14-17-6-5-7-18(23)13-17)21(28)15-27(32(3,30)31)20-10-8-19(24)9-11-20/h5-11,13,16H,4,12,14-15H2,1-3H3,(H,25,29). The van der Waals surface area contributed by atoms with Gasteiger partial charge in [-0.3, -0.25) is 13.9 Å². The Morgan fingerprint density at radius 2 is 1.81 bits per heavy atom. The Kier molecular flexibility index (Phi) is 9.03. The lowest BCUT2D eigenvalue weighted by atomic mass is 10.1. The summed E-state index contributed by atoms with van der Waals surface area (Å²) in [6.45, 7) is 3.45. The molecule has 1 unspecified atom stereocenters. The highest BCUT2D eigenvalue weighted by molar-refractivity contribution is 7.92. The van der Waals surface area contributed by atoms with Crippen LogP contribution >= 0.6 is 11.6 Å². The number of carbonyl (C=O) groups excluding carboxylic acids is 2. The number of sulfonamides is 1. The zero-order valence-electron chi connectivity index (χ0n) is 18.2. The van der Waals surface area contributed by atoms with Crippen LogP contribution in [-0.2, 0) is 26.2 Å². The van der Waals surface area contributed by atoms with Crippen molar-refractivity contribution >= 4 is 39.1 Å². The van der Waals surface area contributed by atoms with Crippen molar-refractivity contribution in [3.8, 4) is 0 Å². The highest BCUT2D eigenvalue weighted by atomic mass is 35.5. The molecular weight excluding hydrogens is 457 g/mol. The molecule has 0 fully saturated rings. The van der Waals surface area contributed by atoms with Crippen molar-refractivity contribution in [2.24, 2.45) is 0 Å². The Hall–Kier alpha value is -2.65. The molecule has 32 heavy (non-hydrogen) atoms. The van der Waals surface area contributed by atoms with E-state index in [9.17, 15) is 22.4 Å². The molecule has 0 heterocycles. The Labute approximate surface area is 193 Å². The van der Waals surface area contributed by atoms with Gasteiger partial charge in [-0.05, 0) is 55.3 Å². The number of amides is 2. The Balaban J connectivity index is 2.35. The van der Waals surface area contributed by atoms with Crippen LogP contribution in [0.1, 0.15) is 25.8 Å². The van der Waals surface area contributed by atoms with Crippen LogP contribution in [0.15, 0.2) is 48.5 Å². The molecule has 174 valence electrons. The summed E-state index contributed by atoms with van der Waals surface area (Å²) in [7, 11) is -3.86. The van der Waals surface area contributed by atoms with Crippen LogP contribution in [-0.4, -0.2) is 50.5 Å². The van der Waals surface area contributed by atoms with E-state index < -0.39 is 34.3 Å². The number of nitrogens with zero attached hydrogens (tertiary/aromatic N) is 2. The molecule has 0 aromatic heterocycles. The Morgan fingerprint density at radius 3 is 2.38 bits per heavy atom. The monoisotopic (exact) mass is 483 g/mol. The summed E-state index contributed by atoms with van der Waals surface area (Å²) in [6, 6.07) is 10.8. The van der Waals surface area contributed by atoms with E-state index >= 15 is 0 Å². The maximum absolute atomic E-state index is 13.3. The van der Waals surface area contributed by atoms with Gasteiger partial charge in [0.15, 0.2) is 0 Å². The number of anilines is 1. The molecule has 1 atom stereocenters. The highest BCUT2D eigenvalue weighted by Gasteiger charge is 2.30. The molecule has 2 amide bonds. The van der Waals surface area contributed by atoms with Crippen LogP contribution in [0.3, 0.4) is 0 Å². The van der Waals surface area contributed by atoms with Gasteiger partial charge in [-0.25, -0.2) is 12.8 Å². The molecule has 0 aliphatic rings. The van der Waals surface area contributed by atoms with Crippen LogP contribution in [0.2, 0.25) is 5.02 Å². The summed E-state index contributed by atoms with van der Waals surface area (Å²) in [6.07, 6.45) is 1.69. The lowest BCUT2D eigenvalue weighted by Gasteiger charge is -2.31. The Morgan fingerprint density at radius 1 is 1.16 bits per heavy atom. The van der Waals surface area contributed by atoms with E-state index in [1.54, 1.807) is 31.2 Å². The van der Waals surface area contributed by atoms with Crippen LogP contribution in [0.25, 0.3) is 0 Å². The fraction of sp³-hybridized carbons (Fsp3) is 0.364. The molecule has 2 rings (SSSR count). The SMILES string of the molecule is CCCNC(=O)C(C)N(Cc1cccc(Cl)c1)C(=O)CN(c1ccc(F)cc1)S(C)(=O)=O. The first kappa shape index (κ1) is 25.6. The molecule has 0 bridgehead atoms. The van der Waals surface area contributed by atoms with Gasteiger partial charge in [0.05, 0.1) is 11.9 Å². The van der Waals surface area contributed by atoms with Crippen LogP contribution in [0, 0.1) is 5.82 Å². The number of rotatable bonds is 10. The second kappa shape index (κ2) is 11.3. The second-order valence-electron chi connectivity index (χ2n) is 7.36. The van der Waals surface area contributed by atoms with E-state index in [4.69, 9.17) is 11.6 Å². The van der Waals surface area contributed by atoms with Crippen LogP contribution in [0.5, 0.6) is 0 Å². The molecule has 7 nitrogen and oxygen atoms in total. The molecule has 1 N–H and O–H groups in total. The Bertz CT molecular complexity index is 1050. The maximum Gasteiger partial charge on any atom is 0.244 e. The number of nitrogens with one attached hydrogen (secondary N) is 1. The fourth-order valence-electron chi connectivity index (χ4n) is 3.03. The summed E-state index contributed by atoms with van der Waals surface area (Å²) in [5.41, 5.74) is 0.835. The lowest BCUT2D eigenvalue weighted by Crippen LogP contribution is -2.51. The van der Waals surface area contributed by atoms with Crippen molar-refractivity contribution in [1.29, 1.82) is 0 Å². The van der Waals surface area contributed by atoms with Gasteiger partial charge in [0.1, 0.15) is 18.4 Å². The normalized spacial score (nSPS) is 12.2. The number of hydrogen-bond donors (Lipinski definition) is 1. The van der Waals surface area contributed by atoms with E-state index in [1.807, 2.05) is 6.92 Å². The number of benzene rings is 2. The van der Waals surface area contributed by atoms with Gasteiger partial charge < -0.3 is 10.2 Å². The largest absolute Gasteiger partial charge is 0.354 e. The van der Waals surface area contributed by atoms with Crippen molar-refractivity contribution in [2.75, 3.05) is 23.7 Å². The summed E-state index contributed by atoms with van der Waals surface area (Å²) >= 11 is 6.05. The third-order valence-corrected chi connectivity index (χ3v) is 6.13. The predicted octanol–water partition coefficient (Wildman–Crippen LogP) is 3.19. The topological polar surface area (TPSA) is 86.8 Å². The van der Waals surface area contributed by atoms with Gasteiger partial charge >= 0.3 is 0 Å².